The summed E-state index contributed by atoms with van der Waals surface area (Å²) in [6, 6.07) is 9.46. The second kappa shape index (κ2) is 6.98. The molecule has 0 radical (unpaired) electrons. The molecule has 4 nitrogen and oxygen atoms in total. The molecule has 1 amide bonds. The second-order valence-corrected chi connectivity index (χ2v) is 3.57. The van der Waals surface area contributed by atoms with Gasteiger partial charge in [-0.05, 0) is 12.0 Å². The molecule has 1 atom stereocenters. The number of carbonyl (C=O) groups is 1. The lowest BCUT2D eigenvalue weighted by Gasteiger charge is -2.14. The van der Waals surface area contributed by atoms with Crippen LogP contribution in [0.4, 0.5) is 0 Å². The van der Waals surface area contributed by atoms with E-state index in [4.69, 9.17) is 10.8 Å². The molecule has 0 saturated heterocycles. The highest BCUT2D eigenvalue weighted by molar-refractivity contribution is 5.83. The number of nitrogens with one attached hydrogen (secondary N) is 1. The van der Waals surface area contributed by atoms with Gasteiger partial charge in [-0.15, -0.1) is 0 Å². The first-order valence-electron chi connectivity index (χ1n) is 5.43. The molecule has 4 N–H and O–H groups in total. The average Bonchev–Trinajstić information content (AvgIpc) is 2.32. The highest BCUT2D eigenvalue weighted by Gasteiger charge is 2.17. The fourth-order valence-corrected chi connectivity index (χ4v) is 1.49. The maximum absolute atomic E-state index is 11.8. The van der Waals surface area contributed by atoms with Crippen LogP contribution < -0.4 is 11.1 Å². The third-order valence-electron chi connectivity index (χ3n) is 2.39. The summed E-state index contributed by atoms with van der Waals surface area (Å²) in [6.45, 7) is 0.854. The van der Waals surface area contributed by atoms with Gasteiger partial charge in [-0.1, -0.05) is 30.3 Å². The molecule has 0 aliphatic rings. The molecule has 88 valence electrons. The van der Waals surface area contributed by atoms with Crippen molar-refractivity contribution >= 4 is 5.91 Å². The van der Waals surface area contributed by atoms with Crippen molar-refractivity contribution in [2.45, 2.75) is 12.3 Å². The SMILES string of the molecule is NCC(C(=O)NCCCO)c1ccccc1. The van der Waals surface area contributed by atoms with Crippen molar-refractivity contribution in [3.63, 3.8) is 0 Å². The van der Waals surface area contributed by atoms with Crippen LogP contribution in [0.1, 0.15) is 17.9 Å². The molecular weight excluding hydrogens is 204 g/mol. The molecule has 0 aliphatic carbocycles. The molecular formula is C12H18N2O2. The summed E-state index contributed by atoms with van der Waals surface area (Å²) in [5, 5.41) is 11.4. The molecule has 1 aromatic carbocycles. The zero-order valence-electron chi connectivity index (χ0n) is 9.23. The van der Waals surface area contributed by atoms with Crippen LogP contribution in [0.25, 0.3) is 0 Å². The Balaban J connectivity index is 2.57. The van der Waals surface area contributed by atoms with Crippen LogP contribution in [0.15, 0.2) is 30.3 Å². The van der Waals surface area contributed by atoms with E-state index in [9.17, 15) is 4.79 Å². The maximum atomic E-state index is 11.8. The topological polar surface area (TPSA) is 75.4 Å². The molecule has 16 heavy (non-hydrogen) atoms. The van der Waals surface area contributed by atoms with Crippen molar-refractivity contribution in [3.8, 4) is 0 Å². The zero-order valence-corrected chi connectivity index (χ0v) is 9.23. The molecule has 1 aromatic rings. The maximum Gasteiger partial charge on any atom is 0.228 e. The van der Waals surface area contributed by atoms with E-state index in [0.717, 1.165) is 5.56 Å². The predicted molar refractivity (Wildman–Crippen MR) is 62.9 cm³/mol. The minimum atomic E-state index is -0.306. The van der Waals surface area contributed by atoms with E-state index >= 15 is 0 Å². The quantitative estimate of drug-likeness (QED) is 0.603. The Morgan fingerprint density at radius 2 is 2.06 bits per heavy atom. The number of amides is 1. The summed E-state index contributed by atoms with van der Waals surface area (Å²) >= 11 is 0. The highest BCUT2D eigenvalue weighted by atomic mass is 16.3. The number of carbonyl (C=O) groups excluding carboxylic acids is 1. The first kappa shape index (κ1) is 12.7. The van der Waals surface area contributed by atoms with E-state index in [1.165, 1.54) is 0 Å². The van der Waals surface area contributed by atoms with E-state index in [0.29, 0.717) is 13.0 Å². The Morgan fingerprint density at radius 1 is 1.38 bits per heavy atom. The molecule has 0 aromatic heterocycles. The Kier molecular flexibility index (Phi) is 5.53. The number of benzene rings is 1. The van der Waals surface area contributed by atoms with Gasteiger partial charge < -0.3 is 16.2 Å². The summed E-state index contributed by atoms with van der Waals surface area (Å²) in [7, 11) is 0. The molecule has 4 heteroatoms. The Labute approximate surface area is 95.5 Å². The van der Waals surface area contributed by atoms with Gasteiger partial charge in [0.25, 0.3) is 0 Å². The summed E-state index contributed by atoms with van der Waals surface area (Å²) in [5.74, 6) is -0.387. The van der Waals surface area contributed by atoms with E-state index in [-0.39, 0.29) is 25.0 Å². The molecule has 0 bridgehead atoms. The number of hydrogen-bond acceptors (Lipinski definition) is 3. The fourth-order valence-electron chi connectivity index (χ4n) is 1.49. The van der Waals surface area contributed by atoms with Crippen LogP contribution in [0.2, 0.25) is 0 Å². The first-order valence-corrected chi connectivity index (χ1v) is 5.43. The normalized spacial score (nSPS) is 12.1. The third kappa shape index (κ3) is 3.64. The standard InChI is InChI=1S/C12H18N2O2/c13-9-11(10-5-2-1-3-6-10)12(16)14-7-4-8-15/h1-3,5-6,11,15H,4,7-9,13H2,(H,14,16). The van der Waals surface area contributed by atoms with Crippen LogP contribution in [0.5, 0.6) is 0 Å². The number of aliphatic hydroxyl groups excluding tert-OH is 1. The summed E-state index contributed by atoms with van der Waals surface area (Å²) in [5.41, 5.74) is 6.52. The Morgan fingerprint density at radius 3 is 2.62 bits per heavy atom. The minimum Gasteiger partial charge on any atom is -0.396 e. The number of aliphatic hydroxyl groups is 1. The van der Waals surface area contributed by atoms with Crippen molar-refractivity contribution in [2.24, 2.45) is 5.73 Å². The van der Waals surface area contributed by atoms with Gasteiger partial charge in [0.05, 0.1) is 5.92 Å². The molecule has 1 rings (SSSR count). The van der Waals surface area contributed by atoms with E-state index in [2.05, 4.69) is 5.32 Å². The van der Waals surface area contributed by atoms with Crippen LogP contribution in [-0.2, 0) is 4.79 Å². The van der Waals surface area contributed by atoms with Gasteiger partial charge in [-0.25, -0.2) is 0 Å². The number of rotatable bonds is 6. The van der Waals surface area contributed by atoms with Crippen LogP contribution in [-0.4, -0.2) is 30.7 Å². The van der Waals surface area contributed by atoms with Gasteiger partial charge in [-0.2, -0.15) is 0 Å². The monoisotopic (exact) mass is 222 g/mol. The first-order chi connectivity index (χ1) is 7.79. The third-order valence-corrected chi connectivity index (χ3v) is 2.39. The largest absolute Gasteiger partial charge is 0.396 e. The van der Waals surface area contributed by atoms with Gasteiger partial charge in [0.2, 0.25) is 5.91 Å². The highest BCUT2D eigenvalue weighted by Crippen LogP contribution is 2.13. The van der Waals surface area contributed by atoms with E-state index in [1.54, 1.807) is 0 Å². The van der Waals surface area contributed by atoms with Gasteiger partial charge >= 0.3 is 0 Å². The lowest BCUT2D eigenvalue weighted by Crippen LogP contribution is -2.34. The van der Waals surface area contributed by atoms with E-state index < -0.39 is 0 Å². The van der Waals surface area contributed by atoms with Crippen molar-refractivity contribution in [1.29, 1.82) is 0 Å². The molecule has 0 fully saturated rings. The number of hydrogen-bond donors (Lipinski definition) is 3. The molecule has 0 aliphatic heterocycles. The van der Waals surface area contributed by atoms with Crippen LogP contribution >= 0.6 is 0 Å². The van der Waals surface area contributed by atoms with Gasteiger partial charge in [-0.3, -0.25) is 4.79 Å². The van der Waals surface area contributed by atoms with Crippen molar-refractivity contribution in [2.75, 3.05) is 19.7 Å². The van der Waals surface area contributed by atoms with Crippen molar-refractivity contribution in [3.05, 3.63) is 35.9 Å². The number of nitrogens with two attached hydrogens (primary N) is 1. The molecule has 0 spiro atoms. The fraction of sp³-hybridized carbons (Fsp3) is 0.417. The average molecular weight is 222 g/mol. The lowest BCUT2D eigenvalue weighted by molar-refractivity contribution is -0.122. The summed E-state index contributed by atoms with van der Waals surface area (Å²) in [4.78, 5) is 11.8. The van der Waals surface area contributed by atoms with Gasteiger partial charge in [0.15, 0.2) is 0 Å². The predicted octanol–water partition coefficient (Wildman–Crippen LogP) is 0.228. The zero-order chi connectivity index (χ0) is 11.8. The van der Waals surface area contributed by atoms with E-state index in [1.807, 2.05) is 30.3 Å². The molecule has 0 saturated carbocycles. The lowest BCUT2D eigenvalue weighted by atomic mass is 9.98. The van der Waals surface area contributed by atoms with Crippen LogP contribution in [0.3, 0.4) is 0 Å². The van der Waals surface area contributed by atoms with Gasteiger partial charge in [0, 0.05) is 19.7 Å². The van der Waals surface area contributed by atoms with Crippen molar-refractivity contribution < 1.29 is 9.90 Å². The Hall–Kier alpha value is -1.39. The molecule has 1 unspecified atom stereocenters. The van der Waals surface area contributed by atoms with Gasteiger partial charge in [0.1, 0.15) is 0 Å². The van der Waals surface area contributed by atoms with Crippen molar-refractivity contribution in [1.82, 2.24) is 5.32 Å². The summed E-state index contributed by atoms with van der Waals surface area (Å²) < 4.78 is 0. The minimum absolute atomic E-state index is 0.0813. The Bertz CT molecular complexity index is 314. The molecule has 0 heterocycles. The summed E-state index contributed by atoms with van der Waals surface area (Å²) in [6.07, 6.45) is 0.567. The second-order valence-electron chi connectivity index (χ2n) is 3.57. The van der Waals surface area contributed by atoms with Crippen LogP contribution in [0, 0.1) is 0 Å². The smallest absolute Gasteiger partial charge is 0.228 e.